The third-order valence-corrected chi connectivity index (χ3v) is 7.91. The highest BCUT2D eigenvalue weighted by Gasteiger charge is 2.32. The molecule has 2 aromatic rings. The van der Waals surface area contributed by atoms with E-state index in [0.29, 0.717) is 24.4 Å². The Hall–Kier alpha value is -2.25. The van der Waals surface area contributed by atoms with Crippen LogP contribution in [0.15, 0.2) is 35.2 Å². The normalized spacial score (nSPS) is 16.0. The summed E-state index contributed by atoms with van der Waals surface area (Å²) in [5, 5.41) is 0. The van der Waals surface area contributed by atoms with Crippen LogP contribution in [-0.4, -0.2) is 49.7 Å². The van der Waals surface area contributed by atoms with Crippen molar-refractivity contribution in [3.05, 3.63) is 64.0 Å². The summed E-state index contributed by atoms with van der Waals surface area (Å²) >= 11 is 0. The second-order valence-electron chi connectivity index (χ2n) is 7.62. The van der Waals surface area contributed by atoms with Gasteiger partial charge in [-0.25, -0.2) is 12.8 Å². The Morgan fingerprint density at radius 3 is 2.17 bits per heavy atom. The van der Waals surface area contributed by atoms with E-state index in [-0.39, 0.29) is 18.7 Å². The van der Waals surface area contributed by atoms with Crippen LogP contribution in [0.3, 0.4) is 0 Å². The summed E-state index contributed by atoms with van der Waals surface area (Å²) in [7, 11) is -3.69. The van der Waals surface area contributed by atoms with E-state index < -0.39 is 21.7 Å². The number of sulfonamides is 1. The maximum Gasteiger partial charge on any atom is 0.256 e. The number of halogens is 1. The van der Waals surface area contributed by atoms with Gasteiger partial charge in [0.1, 0.15) is 5.82 Å². The molecule has 1 heterocycles. The Morgan fingerprint density at radius 1 is 0.931 bits per heavy atom. The molecule has 0 atom stereocenters. The standard InChI is InChI=1S/C22H27FN2O3S/c1-15-14-16(2)18(4)21(17(15)3)29(27,28)25-11-7-10-24(12-13-25)22(26)19-8-5-6-9-20(19)23/h5-6,8-9,14H,7,10-13H2,1-4H3. The van der Waals surface area contributed by atoms with Gasteiger partial charge in [-0.2, -0.15) is 4.31 Å². The van der Waals surface area contributed by atoms with Crippen molar-refractivity contribution in [3.63, 3.8) is 0 Å². The molecule has 1 aliphatic rings. The number of rotatable bonds is 3. The van der Waals surface area contributed by atoms with Crippen LogP contribution < -0.4 is 0 Å². The SMILES string of the molecule is Cc1cc(C)c(C)c(S(=O)(=O)N2CCCN(C(=O)c3ccccc3F)CC2)c1C. The third-order valence-electron chi connectivity index (χ3n) is 5.74. The van der Waals surface area contributed by atoms with E-state index in [1.165, 1.54) is 27.4 Å². The average Bonchev–Trinajstić information content (AvgIpc) is 2.93. The number of hydrogen-bond acceptors (Lipinski definition) is 3. The van der Waals surface area contributed by atoms with Crippen molar-refractivity contribution in [1.82, 2.24) is 9.21 Å². The van der Waals surface area contributed by atoms with Crippen molar-refractivity contribution in [2.75, 3.05) is 26.2 Å². The number of benzene rings is 2. The minimum atomic E-state index is -3.69. The first-order valence-corrected chi connectivity index (χ1v) is 11.2. The monoisotopic (exact) mass is 418 g/mol. The van der Waals surface area contributed by atoms with Gasteiger partial charge in [0.15, 0.2) is 0 Å². The first kappa shape index (κ1) is 21.5. The van der Waals surface area contributed by atoms with Gasteiger partial charge in [-0.05, 0) is 68.5 Å². The van der Waals surface area contributed by atoms with Gasteiger partial charge in [0, 0.05) is 26.2 Å². The quantitative estimate of drug-likeness (QED) is 0.765. The smallest absolute Gasteiger partial charge is 0.256 e. The van der Waals surface area contributed by atoms with E-state index >= 15 is 0 Å². The lowest BCUT2D eigenvalue weighted by atomic mass is 10.0. The van der Waals surface area contributed by atoms with Crippen molar-refractivity contribution >= 4 is 15.9 Å². The van der Waals surface area contributed by atoms with E-state index in [1.54, 1.807) is 6.07 Å². The molecular weight excluding hydrogens is 391 g/mol. The van der Waals surface area contributed by atoms with E-state index in [2.05, 4.69) is 0 Å². The van der Waals surface area contributed by atoms with Crippen molar-refractivity contribution < 1.29 is 17.6 Å². The van der Waals surface area contributed by atoms with Gasteiger partial charge in [-0.15, -0.1) is 0 Å². The summed E-state index contributed by atoms with van der Waals surface area (Å²) in [6, 6.07) is 7.88. The molecule has 0 spiro atoms. The summed E-state index contributed by atoms with van der Waals surface area (Å²) in [6.07, 6.45) is 0.502. The van der Waals surface area contributed by atoms with Crippen molar-refractivity contribution in [1.29, 1.82) is 0 Å². The summed E-state index contributed by atoms with van der Waals surface area (Å²) in [5.74, 6) is -0.964. The molecule has 0 radical (unpaired) electrons. The molecule has 29 heavy (non-hydrogen) atoms. The second-order valence-corrected chi connectivity index (χ2v) is 9.49. The highest BCUT2D eigenvalue weighted by atomic mass is 32.2. The maximum atomic E-state index is 14.0. The molecule has 0 aromatic heterocycles. The molecule has 5 nitrogen and oxygen atoms in total. The molecule has 156 valence electrons. The molecule has 0 N–H and O–H groups in total. The Balaban J connectivity index is 1.86. The molecule has 0 aliphatic carbocycles. The number of nitrogens with zero attached hydrogens (tertiary/aromatic N) is 2. The number of aryl methyl sites for hydroxylation is 2. The van der Waals surface area contributed by atoms with Gasteiger partial charge in [-0.3, -0.25) is 4.79 Å². The Kier molecular flexibility index (Phi) is 6.10. The second kappa shape index (κ2) is 8.24. The molecule has 0 bridgehead atoms. The van der Waals surface area contributed by atoms with Gasteiger partial charge >= 0.3 is 0 Å². The van der Waals surface area contributed by atoms with E-state index in [9.17, 15) is 17.6 Å². The fraction of sp³-hybridized carbons (Fsp3) is 0.409. The highest BCUT2D eigenvalue weighted by molar-refractivity contribution is 7.89. The van der Waals surface area contributed by atoms with Crippen LogP contribution in [0, 0.1) is 33.5 Å². The fourth-order valence-electron chi connectivity index (χ4n) is 3.84. The molecule has 1 saturated heterocycles. The minimum Gasteiger partial charge on any atom is -0.337 e. The van der Waals surface area contributed by atoms with E-state index in [4.69, 9.17) is 0 Å². The maximum absolute atomic E-state index is 14.0. The lowest BCUT2D eigenvalue weighted by Crippen LogP contribution is -2.38. The Bertz CT molecular complexity index is 1020. The van der Waals surface area contributed by atoms with Gasteiger partial charge in [0.05, 0.1) is 10.5 Å². The average molecular weight is 419 g/mol. The molecule has 1 amide bonds. The molecule has 0 saturated carbocycles. The minimum absolute atomic E-state index is 0.0183. The molecule has 1 aliphatic heterocycles. The van der Waals surface area contributed by atoms with E-state index in [1.807, 2.05) is 33.8 Å². The third kappa shape index (κ3) is 4.07. The van der Waals surface area contributed by atoms with Crippen molar-refractivity contribution in [2.45, 2.75) is 39.0 Å². The number of amides is 1. The molecule has 3 rings (SSSR count). The molecule has 2 aromatic carbocycles. The van der Waals surface area contributed by atoms with Crippen LogP contribution >= 0.6 is 0 Å². The Morgan fingerprint density at radius 2 is 1.55 bits per heavy atom. The zero-order valence-corrected chi connectivity index (χ0v) is 18.1. The molecule has 1 fully saturated rings. The largest absolute Gasteiger partial charge is 0.337 e. The predicted molar refractivity (Wildman–Crippen MR) is 111 cm³/mol. The van der Waals surface area contributed by atoms with Crippen LogP contribution in [0.2, 0.25) is 0 Å². The summed E-state index contributed by atoms with van der Waals surface area (Å²) in [4.78, 5) is 14.6. The van der Waals surface area contributed by atoms with E-state index in [0.717, 1.165) is 22.3 Å². The van der Waals surface area contributed by atoms with Gasteiger partial charge in [-0.1, -0.05) is 18.2 Å². The van der Waals surface area contributed by atoms with Gasteiger partial charge in [0.25, 0.3) is 5.91 Å². The lowest BCUT2D eigenvalue weighted by Gasteiger charge is -2.24. The molecule has 0 unspecified atom stereocenters. The van der Waals surface area contributed by atoms with Crippen molar-refractivity contribution in [2.24, 2.45) is 0 Å². The molecule has 7 heteroatoms. The number of carbonyl (C=O) groups is 1. The summed E-state index contributed by atoms with van der Waals surface area (Å²) in [5.41, 5.74) is 3.42. The molecular formula is C22H27FN2O3S. The number of hydrogen-bond donors (Lipinski definition) is 0. The zero-order valence-electron chi connectivity index (χ0n) is 17.3. The zero-order chi connectivity index (χ0) is 21.3. The first-order chi connectivity index (χ1) is 13.6. The van der Waals surface area contributed by atoms with Crippen molar-refractivity contribution in [3.8, 4) is 0 Å². The lowest BCUT2D eigenvalue weighted by molar-refractivity contribution is 0.0759. The topological polar surface area (TPSA) is 57.7 Å². The summed E-state index contributed by atoms with van der Waals surface area (Å²) < 4.78 is 42.3. The fourth-order valence-corrected chi connectivity index (χ4v) is 5.88. The van der Waals surface area contributed by atoms with Crippen LogP contribution in [-0.2, 0) is 10.0 Å². The summed E-state index contributed by atoms with van der Waals surface area (Å²) in [6.45, 7) is 8.64. The van der Waals surface area contributed by atoms with Crippen LogP contribution in [0.25, 0.3) is 0 Å². The number of carbonyl (C=O) groups excluding carboxylic acids is 1. The van der Waals surface area contributed by atoms with Gasteiger partial charge < -0.3 is 4.90 Å². The van der Waals surface area contributed by atoms with Crippen LogP contribution in [0.1, 0.15) is 39.0 Å². The highest BCUT2D eigenvalue weighted by Crippen LogP contribution is 2.29. The Labute approximate surface area is 172 Å². The van der Waals surface area contributed by atoms with Crippen LogP contribution in [0.5, 0.6) is 0 Å². The van der Waals surface area contributed by atoms with Gasteiger partial charge in [0.2, 0.25) is 10.0 Å². The van der Waals surface area contributed by atoms with Crippen LogP contribution in [0.4, 0.5) is 4.39 Å². The first-order valence-electron chi connectivity index (χ1n) is 9.76. The predicted octanol–water partition coefficient (Wildman–Crippen LogP) is 3.60.